The van der Waals surface area contributed by atoms with Gasteiger partial charge in [0, 0.05) is 16.5 Å². The molecule has 2 aliphatic heterocycles. The van der Waals surface area contributed by atoms with Crippen molar-refractivity contribution >= 4 is 44.9 Å². The molecule has 33 heavy (non-hydrogen) atoms. The van der Waals surface area contributed by atoms with Crippen LogP contribution in [-0.4, -0.2) is 11.3 Å². The summed E-state index contributed by atoms with van der Waals surface area (Å²) >= 11 is 0. The maximum atomic E-state index is 6.49. The van der Waals surface area contributed by atoms with Crippen molar-refractivity contribution in [3.8, 4) is 28.3 Å². The fourth-order valence-corrected chi connectivity index (χ4v) is 5.99. The Morgan fingerprint density at radius 3 is 2.33 bits per heavy atom. The number of aromatic nitrogens is 1. The Kier molecular flexibility index (Phi) is 3.24. The summed E-state index contributed by atoms with van der Waals surface area (Å²) in [4.78, 5) is 0. The first-order chi connectivity index (χ1) is 16.4. The maximum Gasteiger partial charge on any atom is 0.257 e. The summed E-state index contributed by atoms with van der Waals surface area (Å²) < 4.78 is 8.95. The molecular formula is C30H18BNO. The van der Waals surface area contributed by atoms with Crippen LogP contribution in [0.1, 0.15) is 0 Å². The van der Waals surface area contributed by atoms with Crippen molar-refractivity contribution in [2.75, 3.05) is 0 Å². The molecule has 0 fully saturated rings. The Balaban J connectivity index is 1.62. The monoisotopic (exact) mass is 419 g/mol. The number of benzene rings is 5. The Hall–Kier alpha value is -4.24. The topological polar surface area (TPSA) is 14.2 Å². The molecule has 0 saturated heterocycles. The first-order valence-corrected chi connectivity index (χ1v) is 11.4. The minimum Gasteiger partial charge on any atom is -0.458 e. The quantitative estimate of drug-likeness (QED) is 0.326. The molecule has 0 amide bonds. The van der Waals surface area contributed by atoms with Crippen LogP contribution in [0.25, 0.3) is 38.6 Å². The number of ether oxygens (including phenoxy) is 1. The van der Waals surface area contributed by atoms with E-state index in [1.54, 1.807) is 0 Å². The predicted octanol–water partition coefficient (Wildman–Crippen LogP) is 5.39. The molecule has 0 N–H and O–H groups in total. The number of para-hydroxylation sites is 2. The van der Waals surface area contributed by atoms with E-state index in [0.717, 1.165) is 11.5 Å². The summed E-state index contributed by atoms with van der Waals surface area (Å²) in [5.41, 5.74) is 10.1. The number of nitrogens with zero attached hydrogens (tertiary/aromatic N) is 1. The Labute approximate surface area is 191 Å². The zero-order chi connectivity index (χ0) is 21.5. The second-order valence-electron chi connectivity index (χ2n) is 8.90. The van der Waals surface area contributed by atoms with Gasteiger partial charge in [-0.05, 0) is 57.8 Å². The highest BCUT2D eigenvalue weighted by Gasteiger charge is 2.41. The molecule has 0 spiro atoms. The third kappa shape index (κ3) is 2.14. The molecule has 0 unspecified atom stereocenters. The Bertz CT molecular complexity index is 1750. The molecule has 3 heterocycles. The van der Waals surface area contributed by atoms with E-state index < -0.39 is 0 Å². The highest BCUT2D eigenvalue weighted by atomic mass is 16.5. The average molecular weight is 419 g/mol. The van der Waals surface area contributed by atoms with E-state index in [0.29, 0.717) is 0 Å². The minimum atomic E-state index is 0.122. The van der Waals surface area contributed by atoms with Crippen molar-refractivity contribution in [2.24, 2.45) is 0 Å². The number of hydrogen-bond acceptors (Lipinski definition) is 1. The maximum absolute atomic E-state index is 6.49. The summed E-state index contributed by atoms with van der Waals surface area (Å²) in [5, 5.41) is 2.57. The third-order valence-electron chi connectivity index (χ3n) is 7.27. The molecule has 3 heteroatoms. The number of rotatable bonds is 1. The van der Waals surface area contributed by atoms with Gasteiger partial charge in [-0.3, -0.25) is 0 Å². The molecule has 0 saturated carbocycles. The van der Waals surface area contributed by atoms with Crippen molar-refractivity contribution in [2.45, 2.75) is 0 Å². The van der Waals surface area contributed by atoms with Crippen molar-refractivity contribution in [1.29, 1.82) is 0 Å². The van der Waals surface area contributed by atoms with E-state index in [2.05, 4.69) is 114 Å². The fraction of sp³-hybridized carbons (Fsp3) is 0. The van der Waals surface area contributed by atoms with Crippen LogP contribution >= 0.6 is 0 Å². The van der Waals surface area contributed by atoms with Crippen molar-refractivity contribution < 1.29 is 4.74 Å². The van der Waals surface area contributed by atoms with E-state index in [1.165, 1.54) is 55.0 Å². The summed E-state index contributed by atoms with van der Waals surface area (Å²) in [5.74, 6) is 1.91. The molecule has 0 radical (unpaired) electrons. The lowest BCUT2D eigenvalue weighted by atomic mass is 9.33. The average Bonchev–Trinajstić information content (AvgIpc) is 3.23. The molecule has 0 bridgehead atoms. The summed E-state index contributed by atoms with van der Waals surface area (Å²) in [6.07, 6.45) is 0. The van der Waals surface area contributed by atoms with Gasteiger partial charge in [0.2, 0.25) is 0 Å². The highest BCUT2D eigenvalue weighted by Crippen LogP contribution is 2.39. The fourth-order valence-electron chi connectivity index (χ4n) is 5.99. The van der Waals surface area contributed by atoms with Crippen molar-refractivity contribution in [3.63, 3.8) is 0 Å². The van der Waals surface area contributed by atoms with E-state index in [4.69, 9.17) is 4.74 Å². The first kappa shape index (κ1) is 17.3. The molecular weight excluding hydrogens is 401 g/mol. The lowest BCUT2D eigenvalue weighted by Crippen LogP contribution is -2.58. The SMILES string of the molecule is c1ccc(-c2cccc3c2B2c4ccccc4Oc4ccc5c6ccccc6n-3c5c42)cc1. The van der Waals surface area contributed by atoms with Gasteiger partial charge in [0.05, 0.1) is 11.0 Å². The smallest absolute Gasteiger partial charge is 0.257 e. The van der Waals surface area contributed by atoms with Crippen LogP contribution in [0.3, 0.4) is 0 Å². The largest absolute Gasteiger partial charge is 0.458 e. The van der Waals surface area contributed by atoms with Gasteiger partial charge in [0.25, 0.3) is 6.71 Å². The zero-order valence-corrected chi connectivity index (χ0v) is 17.8. The summed E-state index contributed by atoms with van der Waals surface area (Å²) in [6.45, 7) is 0.122. The second kappa shape index (κ2) is 6.17. The number of hydrogen-bond donors (Lipinski definition) is 0. The van der Waals surface area contributed by atoms with Gasteiger partial charge in [0.1, 0.15) is 11.5 Å². The molecule has 5 aromatic carbocycles. The lowest BCUT2D eigenvalue weighted by molar-refractivity contribution is 0.488. The molecule has 152 valence electrons. The van der Waals surface area contributed by atoms with E-state index in [1.807, 2.05) is 0 Å². The van der Waals surface area contributed by atoms with Gasteiger partial charge in [-0.1, -0.05) is 78.9 Å². The molecule has 8 rings (SSSR count). The first-order valence-electron chi connectivity index (χ1n) is 11.4. The highest BCUT2D eigenvalue weighted by molar-refractivity contribution is 7.00. The number of fused-ring (bicyclic) bond motifs is 8. The zero-order valence-electron chi connectivity index (χ0n) is 17.8. The van der Waals surface area contributed by atoms with Gasteiger partial charge in [-0.25, -0.2) is 0 Å². The standard InChI is InChI=1S/C30H18BNO/c1-2-9-19(10-3-1)20-12-8-15-25-28(20)31-23-13-5-7-16-26(23)33-27-18-17-22-21-11-4-6-14-24(21)32(25)30(22)29(27)31/h1-18H. The van der Waals surface area contributed by atoms with E-state index in [-0.39, 0.29) is 6.71 Å². The van der Waals surface area contributed by atoms with Gasteiger partial charge >= 0.3 is 0 Å². The van der Waals surface area contributed by atoms with Crippen LogP contribution in [-0.2, 0) is 0 Å². The van der Waals surface area contributed by atoms with Crippen LogP contribution in [0.5, 0.6) is 11.5 Å². The summed E-state index contributed by atoms with van der Waals surface area (Å²) in [7, 11) is 0. The Morgan fingerprint density at radius 1 is 0.576 bits per heavy atom. The molecule has 1 aromatic heterocycles. The van der Waals surface area contributed by atoms with Gasteiger partial charge in [-0.15, -0.1) is 0 Å². The molecule has 0 aliphatic carbocycles. The summed E-state index contributed by atoms with van der Waals surface area (Å²) in [6, 6.07) is 39.1. The molecule has 6 aromatic rings. The predicted molar refractivity (Wildman–Crippen MR) is 137 cm³/mol. The molecule has 2 aliphatic rings. The second-order valence-corrected chi connectivity index (χ2v) is 8.90. The Morgan fingerprint density at radius 2 is 1.39 bits per heavy atom. The molecule has 0 atom stereocenters. The minimum absolute atomic E-state index is 0.122. The lowest BCUT2D eigenvalue weighted by Gasteiger charge is -2.34. The van der Waals surface area contributed by atoms with Crippen LogP contribution in [0.15, 0.2) is 109 Å². The third-order valence-corrected chi connectivity index (χ3v) is 7.27. The van der Waals surface area contributed by atoms with Gasteiger partial charge in [0.15, 0.2) is 0 Å². The van der Waals surface area contributed by atoms with Crippen LogP contribution < -0.4 is 21.1 Å². The van der Waals surface area contributed by atoms with Crippen molar-refractivity contribution in [3.05, 3.63) is 109 Å². The van der Waals surface area contributed by atoms with E-state index in [9.17, 15) is 0 Å². The van der Waals surface area contributed by atoms with Gasteiger partial charge in [-0.2, -0.15) is 0 Å². The van der Waals surface area contributed by atoms with Gasteiger partial charge < -0.3 is 9.30 Å². The van der Waals surface area contributed by atoms with Crippen molar-refractivity contribution in [1.82, 2.24) is 4.57 Å². The van der Waals surface area contributed by atoms with E-state index >= 15 is 0 Å². The van der Waals surface area contributed by atoms with Crippen LogP contribution in [0.2, 0.25) is 0 Å². The molecule has 2 nitrogen and oxygen atoms in total. The van der Waals surface area contributed by atoms with Crippen LogP contribution in [0, 0.1) is 0 Å². The van der Waals surface area contributed by atoms with Crippen LogP contribution in [0.4, 0.5) is 0 Å². The normalized spacial score (nSPS) is 13.0.